The third-order valence-corrected chi connectivity index (χ3v) is 4.92. The molecule has 0 fully saturated rings. The van der Waals surface area contributed by atoms with E-state index in [4.69, 9.17) is 4.74 Å². The molecule has 1 aliphatic heterocycles. The molecule has 3 heterocycles. The van der Waals surface area contributed by atoms with E-state index in [0.29, 0.717) is 30.0 Å². The topological polar surface area (TPSA) is 102 Å². The van der Waals surface area contributed by atoms with Crippen molar-refractivity contribution < 1.29 is 14.3 Å². The zero-order valence-corrected chi connectivity index (χ0v) is 15.8. The molecule has 148 valence electrons. The largest absolute Gasteiger partial charge is 0.492 e. The van der Waals surface area contributed by atoms with E-state index in [1.54, 1.807) is 17.1 Å². The SMILES string of the molecule is O=C1NC(=O)C(c2c[nH]c3ccccc23)=C1c1cn(CCOc2ccccc2)nn1. The van der Waals surface area contributed by atoms with Gasteiger partial charge in [-0.3, -0.25) is 14.9 Å². The van der Waals surface area contributed by atoms with Crippen molar-refractivity contribution in [3.63, 3.8) is 0 Å². The molecule has 0 aliphatic carbocycles. The Labute approximate surface area is 171 Å². The van der Waals surface area contributed by atoms with E-state index in [-0.39, 0.29) is 5.57 Å². The van der Waals surface area contributed by atoms with Crippen LogP contribution in [0.2, 0.25) is 0 Å². The number of para-hydroxylation sites is 2. The Morgan fingerprint density at radius 3 is 2.57 bits per heavy atom. The van der Waals surface area contributed by atoms with Crippen molar-refractivity contribution in [2.45, 2.75) is 6.54 Å². The number of imide groups is 1. The smallest absolute Gasteiger partial charge is 0.261 e. The molecule has 0 saturated carbocycles. The summed E-state index contributed by atoms with van der Waals surface area (Å²) < 4.78 is 7.26. The third-order valence-electron chi connectivity index (χ3n) is 4.92. The molecular weight excluding hydrogens is 382 g/mol. The van der Waals surface area contributed by atoms with Gasteiger partial charge in [0.2, 0.25) is 0 Å². The van der Waals surface area contributed by atoms with Crippen molar-refractivity contribution in [3.8, 4) is 5.75 Å². The van der Waals surface area contributed by atoms with Crippen LogP contribution in [0.3, 0.4) is 0 Å². The molecule has 8 nitrogen and oxygen atoms in total. The van der Waals surface area contributed by atoms with Crippen LogP contribution < -0.4 is 10.1 Å². The number of carbonyl (C=O) groups is 2. The highest BCUT2D eigenvalue weighted by Gasteiger charge is 2.34. The summed E-state index contributed by atoms with van der Waals surface area (Å²) in [6, 6.07) is 17.1. The number of H-pyrrole nitrogens is 1. The van der Waals surface area contributed by atoms with Crippen LogP contribution in [0, 0.1) is 0 Å². The van der Waals surface area contributed by atoms with Crippen LogP contribution in [-0.2, 0) is 16.1 Å². The van der Waals surface area contributed by atoms with Crippen LogP contribution in [-0.4, -0.2) is 38.4 Å². The molecule has 2 N–H and O–H groups in total. The zero-order chi connectivity index (χ0) is 20.5. The van der Waals surface area contributed by atoms with Gasteiger partial charge in [-0.05, 0) is 18.2 Å². The number of hydrogen-bond acceptors (Lipinski definition) is 5. The van der Waals surface area contributed by atoms with Gasteiger partial charge in [0, 0.05) is 22.7 Å². The van der Waals surface area contributed by atoms with Gasteiger partial charge in [-0.1, -0.05) is 41.6 Å². The van der Waals surface area contributed by atoms with Gasteiger partial charge in [0.15, 0.2) is 0 Å². The first-order valence-corrected chi connectivity index (χ1v) is 9.45. The summed E-state index contributed by atoms with van der Waals surface area (Å²) in [7, 11) is 0. The van der Waals surface area contributed by atoms with E-state index >= 15 is 0 Å². The quantitative estimate of drug-likeness (QED) is 0.485. The summed E-state index contributed by atoms with van der Waals surface area (Å²) in [6.45, 7) is 0.847. The lowest BCUT2D eigenvalue weighted by Crippen LogP contribution is -2.22. The van der Waals surface area contributed by atoms with Crippen LogP contribution in [0.5, 0.6) is 5.75 Å². The van der Waals surface area contributed by atoms with E-state index < -0.39 is 11.8 Å². The summed E-state index contributed by atoms with van der Waals surface area (Å²) in [5.74, 6) is -0.155. The number of fused-ring (bicyclic) bond motifs is 1. The highest BCUT2D eigenvalue weighted by atomic mass is 16.5. The summed E-state index contributed by atoms with van der Waals surface area (Å²) >= 11 is 0. The van der Waals surface area contributed by atoms with Gasteiger partial charge in [0.05, 0.1) is 23.9 Å². The number of rotatable bonds is 6. The average Bonchev–Trinajstić information content (AvgIpc) is 3.46. The van der Waals surface area contributed by atoms with Crippen molar-refractivity contribution in [2.75, 3.05) is 6.61 Å². The first-order chi connectivity index (χ1) is 14.7. The molecule has 5 rings (SSSR count). The number of carbonyl (C=O) groups excluding carboxylic acids is 2. The van der Waals surface area contributed by atoms with Crippen molar-refractivity contribution in [2.24, 2.45) is 0 Å². The van der Waals surface area contributed by atoms with Crippen LogP contribution in [0.4, 0.5) is 0 Å². The normalized spacial score (nSPS) is 13.9. The Balaban J connectivity index is 1.44. The van der Waals surface area contributed by atoms with Gasteiger partial charge in [0.25, 0.3) is 11.8 Å². The molecule has 8 heteroatoms. The molecule has 0 spiro atoms. The van der Waals surface area contributed by atoms with Gasteiger partial charge in [-0.25, -0.2) is 4.68 Å². The molecule has 4 aromatic rings. The molecular formula is C22H17N5O3. The fourth-order valence-electron chi connectivity index (χ4n) is 3.53. The van der Waals surface area contributed by atoms with Crippen LogP contribution in [0.1, 0.15) is 11.3 Å². The molecule has 0 unspecified atom stereocenters. The first kappa shape index (κ1) is 17.9. The molecule has 1 aliphatic rings. The number of aromatic amines is 1. The van der Waals surface area contributed by atoms with Gasteiger partial charge in [-0.2, -0.15) is 0 Å². The van der Waals surface area contributed by atoms with Crippen LogP contribution >= 0.6 is 0 Å². The number of nitrogens with zero attached hydrogens (tertiary/aromatic N) is 3. The van der Waals surface area contributed by atoms with Crippen molar-refractivity contribution in [3.05, 3.63) is 78.2 Å². The minimum Gasteiger partial charge on any atom is -0.492 e. The second-order valence-corrected chi connectivity index (χ2v) is 6.81. The van der Waals surface area contributed by atoms with Crippen molar-refractivity contribution in [1.82, 2.24) is 25.3 Å². The lowest BCUT2D eigenvalue weighted by molar-refractivity contribution is -0.122. The van der Waals surface area contributed by atoms with E-state index in [0.717, 1.165) is 16.7 Å². The molecule has 0 radical (unpaired) electrons. The summed E-state index contributed by atoms with van der Waals surface area (Å²) in [5.41, 5.74) is 2.41. The Morgan fingerprint density at radius 2 is 1.70 bits per heavy atom. The van der Waals surface area contributed by atoms with E-state index in [9.17, 15) is 9.59 Å². The molecule has 0 saturated heterocycles. The Morgan fingerprint density at radius 1 is 0.933 bits per heavy atom. The third kappa shape index (κ3) is 3.14. The maximum absolute atomic E-state index is 12.6. The van der Waals surface area contributed by atoms with Crippen LogP contribution in [0.15, 0.2) is 67.0 Å². The first-order valence-electron chi connectivity index (χ1n) is 9.45. The number of benzene rings is 2. The number of aromatic nitrogens is 4. The molecule has 2 aromatic heterocycles. The molecule has 0 atom stereocenters. The fourth-order valence-corrected chi connectivity index (χ4v) is 3.53. The summed E-state index contributed by atoms with van der Waals surface area (Å²) in [5, 5.41) is 11.4. The number of hydrogen-bond donors (Lipinski definition) is 2. The minimum absolute atomic E-state index is 0.222. The van der Waals surface area contributed by atoms with Crippen LogP contribution in [0.25, 0.3) is 22.0 Å². The van der Waals surface area contributed by atoms with E-state index in [1.807, 2.05) is 54.6 Å². The predicted molar refractivity (Wildman–Crippen MR) is 110 cm³/mol. The van der Waals surface area contributed by atoms with Gasteiger partial charge < -0.3 is 9.72 Å². The maximum Gasteiger partial charge on any atom is 0.261 e. The lowest BCUT2D eigenvalue weighted by atomic mass is 9.99. The number of ether oxygens (including phenoxy) is 1. The Bertz CT molecular complexity index is 1290. The molecule has 30 heavy (non-hydrogen) atoms. The minimum atomic E-state index is -0.479. The van der Waals surface area contributed by atoms with E-state index in [1.165, 1.54) is 0 Å². The molecule has 2 aromatic carbocycles. The van der Waals surface area contributed by atoms with Gasteiger partial charge in [-0.15, -0.1) is 5.10 Å². The van der Waals surface area contributed by atoms with Gasteiger partial charge in [0.1, 0.15) is 18.1 Å². The fraction of sp³-hybridized carbons (Fsp3) is 0.0909. The zero-order valence-electron chi connectivity index (χ0n) is 15.8. The van der Waals surface area contributed by atoms with E-state index in [2.05, 4.69) is 20.6 Å². The average molecular weight is 399 g/mol. The highest BCUT2D eigenvalue weighted by Crippen LogP contribution is 2.34. The number of amides is 2. The molecule has 0 bridgehead atoms. The number of nitrogens with one attached hydrogen (secondary N) is 2. The standard InChI is InChI=1S/C22H17N5O3/c28-21-19(16-12-23-17-9-5-4-8-15(16)17)20(22(29)24-21)18-13-27(26-25-18)10-11-30-14-6-2-1-3-7-14/h1-9,12-13,23H,10-11H2,(H,24,28,29). The van der Waals surface area contributed by atoms with Crippen molar-refractivity contribution >= 4 is 33.9 Å². The maximum atomic E-state index is 12.6. The predicted octanol–water partition coefficient (Wildman–Crippen LogP) is 2.41. The second-order valence-electron chi connectivity index (χ2n) is 6.81. The Kier molecular flexibility index (Phi) is 4.36. The van der Waals surface area contributed by atoms with Crippen molar-refractivity contribution in [1.29, 1.82) is 0 Å². The second kappa shape index (κ2) is 7.32. The highest BCUT2D eigenvalue weighted by molar-refractivity contribution is 6.49. The van der Waals surface area contributed by atoms with Gasteiger partial charge >= 0.3 is 0 Å². The molecule has 2 amide bonds. The lowest BCUT2D eigenvalue weighted by Gasteiger charge is -2.05. The Hall–Kier alpha value is -4.20. The summed E-state index contributed by atoms with van der Waals surface area (Å²) in [6.07, 6.45) is 3.38. The summed E-state index contributed by atoms with van der Waals surface area (Å²) in [4.78, 5) is 28.2. The monoisotopic (exact) mass is 399 g/mol.